The van der Waals surface area contributed by atoms with Crippen molar-refractivity contribution in [3.05, 3.63) is 0 Å². The average Bonchev–Trinajstić information content (AvgIpc) is 1.88. The number of hydrogen-bond acceptors (Lipinski definition) is 0. The van der Waals surface area contributed by atoms with Crippen molar-refractivity contribution in [3.63, 3.8) is 0 Å². The first-order valence-electron chi connectivity index (χ1n) is 4.36. The minimum atomic E-state index is -0.506. The zero-order valence-electron chi connectivity index (χ0n) is 6.94. The molecule has 0 aliphatic heterocycles. The molecule has 1 fully saturated rings. The van der Waals surface area contributed by atoms with Crippen LogP contribution in [0.2, 0.25) is 0 Å². The van der Waals surface area contributed by atoms with E-state index in [0.29, 0.717) is 11.8 Å². The predicted octanol–water partition coefficient (Wildman–Crippen LogP) is 3.17. The Morgan fingerprint density at radius 3 is 2.20 bits per heavy atom. The highest BCUT2D eigenvalue weighted by Gasteiger charge is 2.26. The van der Waals surface area contributed by atoms with Crippen LogP contribution in [0, 0.1) is 11.8 Å². The molecule has 1 aliphatic rings. The molecule has 1 saturated carbocycles. The fourth-order valence-corrected chi connectivity index (χ4v) is 1.87. The Bertz CT molecular complexity index is 98.9. The summed E-state index contributed by atoms with van der Waals surface area (Å²) in [4.78, 5) is 0. The molecule has 0 unspecified atom stereocenters. The first-order chi connectivity index (χ1) is 4.72. The molecule has 10 heavy (non-hydrogen) atoms. The van der Waals surface area contributed by atoms with Crippen molar-refractivity contribution in [3.8, 4) is 0 Å². The van der Waals surface area contributed by atoms with Crippen molar-refractivity contribution < 1.29 is 4.39 Å². The molecule has 1 rings (SSSR count). The lowest BCUT2D eigenvalue weighted by Gasteiger charge is -2.28. The van der Waals surface area contributed by atoms with Crippen LogP contribution in [0.25, 0.3) is 0 Å². The maximum Gasteiger partial charge on any atom is 0.103 e. The van der Waals surface area contributed by atoms with Gasteiger partial charge in [0.05, 0.1) is 0 Å². The van der Waals surface area contributed by atoms with Gasteiger partial charge in [-0.2, -0.15) is 0 Å². The lowest BCUT2D eigenvalue weighted by molar-refractivity contribution is 0.127. The van der Waals surface area contributed by atoms with Crippen molar-refractivity contribution in [2.24, 2.45) is 11.8 Å². The smallest absolute Gasteiger partial charge is 0.103 e. The Balaban J connectivity index is 2.40. The molecule has 0 aromatic heterocycles. The van der Waals surface area contributed by atoms with E-state index >= 15 is 0 Å². The van der Waals surface area contributed by atoms with Crippen LogP contribution in [-0.2, 0) is 0 Å². The summed E-state index contributed by atoms with van der Waals surface area (Å²) in [5.74, 6) is 0.893. The molecule has 0 amide bonds. The van der Waals surface area contributed by atoms with Gasteiger partial charge in [-0.3, -0.25) is 0 Å². The van der Waals surface area contributed by atoms with Gasteiger partial charge in [0.15, 0.2) is 0 Å². The van der Waals surface area contributed by atoms with E-state index in [2.05, 4.69) is 13.8 Å². The van der Waals surface area contributed by atoms with E-state index in [0.717, 1.165) is 19.3 Å². The summed E-state index contributed by atoms with van der Waals surface area (Å²) in [6.45, 7) is 4.26. The normalized spacial score (nSPS) is 34.8. The SMILES string of the molecule is CC(C)[C@H]1CCCC[C@H]1F. The molecular weight excluding hydrogens is 127 g/mol. The fraction of sp³-hybridized carbons (Fsp3) is 1.00. The predicted molar refractivity (Wildman–Crippen MR) is 41.7 cm³/mol. The Morgan fingerprint density at radius 2 is 1.80 bits per heavy atom. The van der Waals surface area contributed by atoms with E-state index in [-0.39, 0.29) is 0 Å². The summed E-state index contributed by atoms with van der Waals surface area (Å²) < 4.78 is 13.1. The van der Waals surface area contributed by atoms with Crippen LogP contribution in [0.4, 0.5) is 4.39 Å². The zero-order chi connectivity index (χ0) is 7.56. The Kier molecular flexibility index (Phi) is 2.70. The van der Waals surface area contributed by atoms with Crippen LogP contribution in [0.15, 0.2) is 0 Å². The van der Waals surface area contributed by atoms with Gasteiger partial charge in [-0.25, -0.2) is 4.39 Å². The minimum Gasteiger partial charge on any atom is -0.247 e. The van der Waals surface area contributed by atoms with Gasteiger partial charge in [-0.05, 0) is 24.7 Å². The number of alkyl halides is 1. The van der Waals surface area contributed by atoms with E-state index in [9.17, 15) is 4.39 Å². The van der Waals surface area contributed by atoms with Gasteiger partial charge >= 0.3 is 0 Å². The third kappa shape index (κ3) is 1.71. The highest BCUT2D eigenvalue weighted by atomic mass is 19.1. The molecule has 2 atom stereocenters. The van der Waals surface area contributed by atoms with Crippen molar-refractivity contribution >= 4 is 0 Å². The molecule has 0 bridgehead atoms. The molecular formula is C9H17F. The van der Waals surface area contributed by atoms with E-state index in [1.54, 1.807) is 0 Å². The van der Waals surface area contributed by atoms with Crippen LogP contribution in [-0.4, -0.2) is 6.17 Å². The Morgan fingerprint density at radius 1 is 1.20 bits per heavy atom. The molecule has 0 saturated heterocycles. The van der Waals surface area contributed by atoms with Crippen LogP contribution in [0.3, 0.4) is 0 Å². The molecule has 1 aliphatic carbocycles. The number of rotatable bonds is 1. The van der Waals surface area contributed by atoms with Gasteiger partial charge in [-0.15, -0.1) is 0 Å². The third-order valence-electron chi connectivity index (χ3n) is 2.59. The maximum atomic E-state index is 13.1. The molecule has 0 N–H and O–H groups in total. The monoisotopic (exact) mass is 144 g/mol. The lowest BCUT2D eigenvalue weighted by atomic mass is 9.80. The largest absolute Gasteiger partial charge is 0.247 e. The summed E-state index contributed by atoms with van der Waals surface area (Å²) in [6, 6.07) is 0. The standard InChI is InChI=1S/C9H17F/c1-7(2)8-5-3-4-6-9(8)10/h7-9H,3-6H2,1-2H3/t8-,9-/m1/s1. The average molecular weight is 144 g/mol. The molecule has 0 radical (unpaired) electrons. The topological polar surface area (TPSA) is 0 Å². The van der Waals surface area contributed by atoms with Gasteiger partial charge < -0.3 is 0 Å². The summed E-state index contributed by atoms with van der Waals surface area (Å²) >= 11 is 0. The molecule has 0 aromatic rings. The highest BCUT2D eigenvalue weighted by Crippen LogP contribution is 2.31. The van der Waals surface area contributed by atoms with Crippen molar-refractivity contribution in [2.45, 2.75) is 45.7 Å². The second-order valence-electron chi connectivity index (χ2n) is 3.71. The first-order valence-corrected chi connectivity index (χ1v) is 4.36. The summed E-state index contributed by atoms with van der Waals surface area (Å²) in [7, 11) is 0. The first kappa shape index (κ1) is 8.03. The van der Waals surface area contributed by atoms with E-state index in [1.165, 1.54) is 6.42 Å². The molecule has 0 spiro atoms. The number of hydrogen-bond donors (Lipinski definition) is 0. The molecule has 1 heteroatoms. The van der Waals surface area contributed by atoms with Gasteiger partial charge in [0.1, 0.15) is 6.17 Å². The third-order valence-corrected chi connectivity index (χ3v) is 2.59. The second-order valence-corrected chi connectivity index (χ2v) is 3.71. The van der Waals surface area contributed by atoms with Gasteiger partial charge in [0, 0.05) is 0 Å². The quantitative estimate of drug-likeness (QED) is 0.530. The Hall–Kier alpha value is -0.0700. The summed E-state index contributed by atoms with van der Waals surface area (Å²) in [5.41, 5.74) is 0. The van der Waals surface area contributed by atoms with Crippen LogP contribution in [0.1, 0.15) is 39.5 Å². The molecule has 0 aromatic carbocycles. The van der Waals surface area contributed by atoms with Crippen LogP contribution < -0.4 is 0 Å². The fourth-order valence-electron chi connectivity index (χ4n) is 1.87. The lowest BCUT2D eigenvalue weighted by Crippen LogP contribution is -2.24. The zero-order valence-corrected chi connectivity index (χ0v) is 6.94. The molecule has 0 heterocycles. The van der Waals surface area contributed by atoms with E-state index in [4.69, 9.17) is 0 Å². The van der Waals surface area contributed by atoms with E-state index < -0.39 is 6.17 Å². The van der Waals surface area contributed by atoms with Crippen molar-refractivity contribution in [1.29, 1.82) is 0 Å². The van der Waals surface area contributed by atoms with E-state index in [1.807, 2.05) is 0 Å². The minimum absolute atomic E-state index is 0.355. The second kappa shape index (κ2) is 3.36. The highest BCUT2D eigenvalue weighted by molar-refractivity contribution is 4.76. The van der Waals surface area contributed by atoms with Crippen molar-refractivity contribution in [2.75, 3.05) is 0 Å². The van der Waals surface area contributed by atoms with Gasteiger partial charge in [0.25, 0.3) is 0 Å². The number of halogens is 1. The van der Waals surface area contributed by atoms with Crippen LogP contribution >= 0.6 is 0 Å². The van der Waals surface area contributed by atoms with Gasteiger partial charge in [0.2, 0.25) is 0 Å². The van der Waals surface area contributed by atoms with Crippen molar-refractivity contribution in [1.82, 2.24) is 0 Å². The molecule has 0 nitrogen and oxygen atoms in total. The van der Waals surface area contributed by atoms with Crippen LogP contribution in [0.5, 0.6) is 0 Å². The maximum absolute atomic E-state index is 13.1. The molecule has 60 valence electrons. The summed E-state index contributed by atoms with van der Waals surface area (Å²) in [5, 5.41) is 0. The Labute approximate surface area is 62.8 Å². The van der Waals surface area contributed by atoms with Gasteiger partial charge in [-0.1, -0.05) is 26.7 Å². The summed E-state index contributed by atoms with van der Waals surface area (Å²) in [6.07, 6.45) is 3.75.